The van der Waals surface area contributed by atoms with Crippen molar-refractivity contribution in [3.63, 3.8) is 0 Å². The molecule has 13 rings (SSSR count). The largest absolute Gasteiger partial charge is 0.460 e. The van der Waals surface area contributed by atoms with E-state index < -0.39 is 17.5 Å². The van der Waals surface area contributed by atoms with Crippen LogP contribution in [0.4, 0.5) is 20.2 Å². The second-order valence-electron chi connectivity index (χ2n) is 26.2. The van der Waals surface area contributed by atoms with Crippen LogP contribution < -0.4 is 9.80 Å². The number of aromatic nitrogens is 2. The van der Waals surface area contributed by atoms with E-state index in [9.17, 15) is 37.5 Å². The summed E-state index contributed by atoms with van der Waals surface area (Å²) in [6.45, 7) is 17.4. The molecule has 1 saturated heterocycles. The topological polar surface area (TPSA) is 162 Å². The van der Waals surface area contributed by atoms with E-state index in [-0.39, 0.29) is 65.6 Å². The van der Waals surface area contributed by atoms with Gasteiger partial charge in [-0.05, 0) is 202 Å². The normalized spacial score (nSPS) is 17.3. The van der Waals surface area contributed by atoms with Gasteiger partial charge in [-0.3, -0.25) is 38.7 Å². The molecule has 0 bridgehead atoms. The zero-order valence-electron chi connectivity index (χ0n) is 53.1. The van der Waals surface area contributed by atoms with Crippen molar-refractivity contribution in [2.75, 3.05) is 9.80 Å². The Morgan fingerprint density at radius 1 is 0.598 bits per heavy atom. The minimum atomic E-state index is -0.928. The third kappa shape index (κ3) is 12.2. The summed E-state index contributed by atoms with van der Waals surface area (Å²) < 4.78 is 46.2. The average molecular weight is 1240 g/mol. The van der Waals surface area contributed by atoms with E-state index >= 15 is 0 Å². The summed E-state index contributed by atoms with van der Waals surface area (Å²) in [5, 5.41) is 0. The Hall–Kier alpha value is -9.44. The van der Waals surface area contributed by atoms with Crippen molar-refractivity contribution in [1.29, 1.82) is 0 Å². The highest BCUT2D eigenvalue weighted by molar-refractivity contribution is 6.35. The molecule has 1 fully saturated rings. The van der Waals surface area contributed by atoms with E-state index in [1.54, 1.807) is 66.7 Å². The number of aldehydes is 1. The van der Waals surface area contributed by atoms with Gasteiger partial charge in [0.2, 0.25) is 0 Å². The van der Waals surface area contributed by atoms with Gasteiger partial charge < -0.3 is 14.2 Å². The molecule has 8 aromatic rings. The van der Waals surface area contributed by atoms with Gasteiger partial charge in [-0.2, -0.15) is 0 Å². The van der Waals surface area contributed by atoms with Crippen LogP contribution >= 0.6 is 0 Å². The van der Waals surface area contributed by atoms with Gasteiger partial charge >= 0.3 is 5.97 Å². The molecule has 13 nitrogen and oxygen atoms in total. The number of imide groups is 2. The van der Waals surface area contributed by atoms with Crippen LogP contribution in [0, 0.1) is 11.6 Å². The van der Waals surface area contributed by atoms with Crippen molar-refractivity contribution < 1.29 is 51.8 Å². The number of carbonyl (C=O) groups is 6. The summed E-state index contributed by atoms with van der Waals surface area (Å²) in [6, 6.07) is 38.0. The summed E-state index contributed by atoms with van der Waals surface area (Å²) in [5.41, 5.74) is 16.1. The van der Waals surface area contributed by atoms with Crippen molar-refractivity contribution in [3.05, 3.63) is 218 Å². The second-order valence-corrected chi connectivity index (χ2v) is 26.2. The number of ether oxygens (including phenoxy) is 3. The number of anilines is 2. The van der Waals surface area contributed by atoms with E-state index in [0.717, 1.165) is 110 Å². The van der Waals surface area contributed by atoms with Crippen molar-refractivity contribution >= 4 is 53.3 Å². The second kappa shape index (κ2) is 25.0. The number of hydrogen-bond donors (Lipinski definition) is 0. The van der Waals surface area contributed by atoms with Gasteiger partial charge in [0.15, 0.2) is 12.1 Å². The molecule has 15 heteroatoms. The lowest BCUT2D eigenvalue weighted by Gasteiger charge is -2.40. The highest BCUT2D eigenvalue weighted by Crippen LogP contribution is 2.46. The number of pyridine rings is 2. The molecule has 2 atom stereocenters. The Balaban J connectivity index is 0.000000188. The first-order valence-corrected chi connectivity index (χ1v) is 31.6. The molecule has 5 heterocycles. The van der Waals surface area contributed by atoms with Crippen molar-refractivity contribution in [2.45, 2.75) is 149 Å². The first-order chi connectivity index (χ1) is 44.0. The minimum absolute atomic E-state index is 0.0102. The number of halogens is 2. The maximum atomic E-state index is 14.4. The fraction of sp³-hybridized carbons (Fsp3) is 0.299. The average Bonchev–Trinajstić information content (AvgIpc) is 1.30. The number of rotatable bonds is 11. The Bertz CT molecular complexity index is 4280. The molecule has 6 aromatic carbocycles. The van der Waals surface area contributed by atoms with Crippen LogP contribution in [0.1, 0.15) is 191 Å². The fourth-order valence-corrected chi connectivity index (χ4v) is 13.5. The molecule has 3 aliphatic heterocycles. The molecule has 0 unspecified atom stereocenters. The molecule has 5 aliphatic rings. The molecule has 4 amide bonds. The Kier molecular flexibility index (Phi) is 17.0. The third-order valence-corrected chi connectivity index (χ3v) is 17.4. The van der Waals surface area contributed by atoms with Crippen molar-refractivity contribution in [3.8, 4) is 44.8 Å². The van der Waals surface area contributed by atoms with E-state index in [0.29, 0.717) is 64.1 Å². The first-order valence-electron chi connectivity index (χ1n) is 31.6. The quantitative estimate of drug-likeness (QED) is 0.0688. The number of amides is 4. The maximum absolute atomic E-state index is 14.4. The third-order valence-electron chi connectivity index (χ3n) is 17.4. The summed E-state index contributed by atoms with van der Waals surface area (Å²) in [4.78, 5) is 91.0. The number of nitrogens with zero attached hydrogens (tertiary/aromatic N) is 4. The number of fused-ring (bicyclic) bond motifs is 8. The predicted octanol–water partition coefficient (Wildman–Crippen LogP) is 16.4. The van der Waals surface area contributed by atoms with Crippen LogP contribution in [0.25, 0.3) is 50.8 Å². The lowest BCUT2D eigenvalue weighted by atomic mass is 9.86. The summed E-state index contributed by atoms with van der Waals surface area (Å²) >= 11 is 0. The van der Waals surface area contributed by atoms with Crippen LogP contribution in [0.5, 0.6) is 0 Å². The Morgan fingerprint density at radius 2 is 1.02 bits per heavy atom. The summed E-state index contributed by atoms with van der Waals surface area (Å²) in [5.74, 6) is -3.20. The van der Waals surface area contributed by atoms with E-state index in [1.165, 1.54) is 34.1 Å². The van der Waals surface area contributed by atoms with Crippen molar-refractivity contribution in [1.82, 2.24) is 9.97 Å². The van der Waals surface area contributed by atoms with Gasteiger partial charge in [0.05, 0.1) is 75.0 Å². The van der Waals surface area contributed by atoms with Crippen molar-refractivity contribution in [2.24, 2.45) is 0 Å². The molecular weight excluding hydrogens is 1160 g/mol. The van der Waals surface area contributed by atoms with Crippen LogP contribution in [0.2, 0.25) is 0 Å². The lowest BCUT2D eigenvalue weighted by Crippen LogP contribution is -2.45. The number of esters is 1. The molecule has 2 aliphatic carbocycles. The zero-order valence-corrected chi connectivity index (χ0v) is 53.1. The Labute approximate surface area is 534 Å². The van der Waals surface area contributed by atoms with Crippen LogP contribution in [0.3, 0.4) is 0 Å². The molecular formula is C77H72F2N4O9. The highest BCUT2D eigenvalue weighted by atomic mass is 19.1. The monoisotopic (exact) mass is 1230 g/mol. The van der Waals surface area contributed by atoms with E-state index in [4.69, 9.17) is 24.2 Å². The Morgan fingerprint density at radius 3 is 1.43 bits per heavy atom. The SMILES string of the molecule is CC(C)c1nc2c(c(-c3ccc(F)cc3)c1/C=C/[C@@H]1C[C@H](CC(=O)OC(C)(C)C)OC(C)(C)O1)CCCc1cc(N3C(=O)c4ccccc4C3=O)ccc1-2.CC(C)c1nc2c(c(-c3ccc(F)cc3)c1C=O)CCCc1cc(N3C(=O)c4ccccc4C3=O)ccc1-2. The van der Waals surface area contributed by atoms with Gasteiger partial charge in [0.1, 0.15) is 17.2 Å². The highest BCUT2D eigenvalue weighted by Gasteiger charge is 2.40. The zero-order chi connectivity index (χ0) is 65.1. The summed E-state index contributed by atoms with van der Waals surface area (Å²) in [7, 11) is 0. The minimum Gasteiger partial charge on any atom is -0.460 e. The van der Waals surface area contributed by atoms with E-state index in [2.05, 4.69) is 19.9 Å². The molecule has 468 valence electrons. The van der Waals surface area contributed by atoms with Crippen LogP contribution in [-0.2, 0) is 44.7 Å². The molecule has 0 N–H and O–H groups in total. The van der Waals surface area contributed by atoms with Crippen LogP contribution in [-0.4, -0.2) is 69.4 Å². The molecule has 2 aromatic heterocycles. The number of carbonyl (C=O) groups excluding carboxylic acids is 6. The lowest BCUT2D eigenvalue weighted by molar-refractivity contribution is -0.290. The standard InChI is InChI=1S/C45H47FN2O6.C32H25FN2O3/c1-26(2)40-37(22-20-31-24-32(53-45(6,7)52-31)25-38(49)54-44(3,4)5)39(27-15-17-29(46)18-16-27)36-14-10-11-28-23-30(19-21-33(28)41(36)47-40)48-42(50)34-12-8-9-13-35(34)43(48)51;1-18(2)29-27(17-36)28(19-10-12-21(33)13-11-19)26-9-5-6-20-16-22(14-15-23(20)30(26)34-29)35-31(37)24-7-3-4-8-25(24)32(35)38/h8-9,12-13,15-23,26,31-32H,10-11,14,24-25H2,1-7H3;3-4,7-8,10-18H,5-6,9H2,1-2H3/b22-20+;/t31-,32-;/m1./s1. The molecule has 0 radical (unpaired) electrons. The molecule has 0 spiro atoms. The number of hydrogen-bond acceptors (Lipinski definition) is 11. The smallest absolute Gasteiger partial charge is 0.308 e. The van der Waals surface area contributed by atoms with Gasteiger partial charge in [0.25, 0.3) is 23.6 Å². The summed E-state index contributed by atoms with van der Waals surface area (Å²) in [6.07, 6.45) is 9.20. The van der Waals surface area contributed by atoms with Gasteiger partial charge in [-0.25, -0.2) is 18.6 Å². The molecule has 0 saturated carbocycles. The fourth-order valence-electron chi connectivity index (χ4n) is 13.5. The number of aryl methyl sites for hydroxylation is 2. The van der Waals surface area contributed by atoms with Gasteiger partial charge in [0, 0.05) is 28.7 Å². The maximum Gasteiger partial charge on any atom is 0.308 e. The number of benzene rings is 6. The van der Waals surface area contributed by atoms with E-state index in [1.807, 2.05) is 97.0 Å². The van der Waals surface area contributed by atoms with Crippen LogP contribution in [0.15, 0.2) is 140 Å². The van der Waals surface area contributed by atoms with Gasteiger partial charge in [-0.1, -0.05) is 101 Å². The predicted molar refractivity (Wildman–Crippen MR) is 351 cm³/mol. The molecule has 92 heavy (non-hydrogen) atoms. The van der Waals surface area contributed by atoms with Gasteiger partial charge in [-0.15, -0.1) is 0 Å². The first kappa shape index (κ1) is 62.7.